The Hall–Kier alpha value is -2.02. The first-order chi connectivity index (χ1) is 10.8. The predicted octanol–water partition coefficient (Wildman–Crippen LogP) is 6.07. The van der Waals surface area contributed by atoms with E-state index >= 15 is 0 Å². The van der Waals surface area contributed by atoms with Gasteiger partial charge in [0.05, 0.1) is 7.11 Å². The van der Waals surface area contributed by atoms with Gasteiger partial charge in [-0.05, 0) is 18.1 Å². The molecule has 0 aliphatic heterocycles. The zero-order valence-electron chi connectivity index (χ0n) is 13.7. The topological polar surface area (TPSA) is 9.23 Å². The highest BCUT2D eigenvalue weighted by molar-refractivity contribution is 5.51. The molecule has 1 atom stereocenters. The van der Waals surface area contributed by atoms with E-state index in [2.05, 4.69) is 67.6 Å². The molecule has 0 fully saturated rings. The van der Waals surface area contributed by atoms with Gasteiger partial charge in [0, 0.05) is 11.5 Å². The summed E-state index contributed by atoms with van der Waals surface area (Å²) in [7, 11) is 1.75. The van der Waals surface area contributed by atoms with Crippen molar-refractivity contribution in [2.24, 2.45) is 0 Å². The van der Waals surface area contributed by atoms with Gasteiger partial charge < -0.3 is 4.74 Å². The van der Waals surface area contributed by atoms with Crippen molar-refractivity contribution in [3.63, 3.8) is 0 Å². The van der Waals surface area contributed by atoms with Crippen molar-refractivity contribution in [1.29, 1.82) is 0 Å². The third kappa shape index (κ3) is 4.77. The second-order valence-electron chi connectivity index (χ2n) is 5.61. The molecule has 0 bridgehead atoms. The molecule has 1 unspecified atom stereocenters. The van der Waals surface area contributed by atoms with E-state index in [0.29, 0.717) is 5.92 Å². The van der Waals surface area contributed by atoms with Crippen molar-refractivity contribution in [3.8, 4) is 5.75 Å². The predicted molar refractivity (Wildman–Crippen MR) is 95.4 cm³/mol. The van der Waals surface area contributed by atoms with E-state index in [0.717, 1.165) is 12.2 Å². The number of hydrogen-bond donors (Lipinski definition) is 0. The molecule has 0 radical (unpaired) electrons. The van der Waals surface area contributed by atoms with E-state index in [9.17, 15) is 0 Å². The number of methoxy groups -OCH3 is 1. The Balaban J connectivity index is 2.20. The molecule has 2 aromatic carbocycles. The second kappa shape index (κ2) is 9.09. The summed E-state index contributed by atoms with van der Waals surface area (Å²) in [5.41, 5.74) is 2.53. The van der Waals surface area contributed by atoms with Crippen LogP contribution >= 0.6 is 0 Å². The van der Waals surface area contributed by atoms with Crippen LogP contribution in [0.3, 0.4) is 0 Å². The van der Waals surface area contributed by atoms with E-state index < -0.39 is 0 Å². The van der Waals surface area contributed by atoms with Gasteiger partial charge in [-0.15, -0.1) is 0 Å². The molecule has 116 valence electrons. The van der Waals surface area contributed by atoms with Gasteiger partial charge in [0.1, 0.15) is 5.75 Å². The molecule has 0 aliphatic rings. The Morgan fingerprint density at radius 2 is 1.68 bits per heavy atom. The van der Waals surface area contributed by atoms with Crippen LogP contribution in [-0.4, -0.2) is 7.11 Å². The number of allylic oxidation sites excluding steroid dienone is 1. The summed E-state index contributed by atoms with van der Waals surface area (Å²) in [5.74, 6) is 1.39. The third-order valence-electron chi connectivity index (χ3n) is 3.98. The molecule has 0 amide bonds. The number of para-hydroxylation sites is 1. The van der Waals surface area contributed by atoms with Crippen molar-refractivity contribution in [2.75, 3.05) is 7.11 Å². The van der Waals surface area contributed by atoms with Gasteiger partial charge in [0.15, 0.2) is 0 Å². The fraction of sp³-hybridized carbons (Fsp3) is 0.333. The molecular weight excluding hydrogens is 268 g/mol. The Kier molecular flexibility index (Phi) is 6.76. The lowest BCUT2D eigenvalue weighted by atomic mass is 9.91. The minimum atomic E-state index is 0.405. The highest BCUT2D eigenvalue weighted by atomic mass is 16.5. The number of ether oxygens (including phenoxy) is 1. The minimum Gasteiger partial charge on any atom is -0.496 e. The maximum atomic E-state index is 5.55. The van der Waals surface area contributed by atoms with Gasteiger partial charge in [-0.2, -0.15) is 0 Å². The summed E-state index contributed by atoms with van der Waals surface area (Å²) in [4.78, 5) is 0. The molecule has 2 rings (SSSR count). The van der Waals surface area contributed by atoms with E-state index in [4.69, 9.17) is 4.74 Å². The van der Waals surface area contributed by atoms with Crippen LogP contribution in [0.25, 0.3) is 6.08 Å². The standard InChI is InChI=1S/C21H26O/c1-3-4-6-13-19(17-16-18-11-7-5-8-12-18)20-14-9-10-15-21(20)22-2/h5,7-12,14-17,19H,3-4,6,13H2,1-2H3/b17-16-. The van der Waals surface area contributed by atoms with Crippen LogP contribution in [0.1, 0.15) is 49.7 Å². The highest BCUT2D eigenvalue weighted by Crippen LogP contribution is 2.32. The maximum absolute atomic E-state index is 5.55. The van der Waals surface area contributed by atoms with Crippen molar-refractivity contribution in [2.45, 2.75) is 38.5 Å². The Bertz CT molecular complexity index is 571. The number of rotatable bonds is 8. The van der Waals surface area contributed by atoms with Gasteiger partial charge in [-0.1, -0.05) is 86.9 Å². The smallest absolute Gasteiger partial charge is 0.122 e. The van der Waals surface area contributed by atoms with E-state index in [-0.39, 0.29) is 0 Å². The van der Waals surface area contributed by atoms with Gasteiger partial charge >= 0.3 is 0 Å². The molecule has 0 aromatic heterocycles. The highest BCUT2D eigenvalue weighted by Gasteiger charge is 2.12. The summed E-state index contributed by atoms with van der Waals surface area (Å²) >= 11 is 0. The second-order valence-corrected chi connectivity index (χ2v) is 5.61. The molecule has 1 heteroatoms. The average molecular weight is 294 g/mol. The molecule has 0 aliphatic carbocycles. The normalized spacial score (nSPS) is 12.5. The zero-order chi connectivity index (χ0) is 15.6. The SMILES string of the molecule is CCCCCC(/C=C\c1ccccc1)c1ccccc1OC. The number of hydrogen-bond acceptors (Lipinski definition) is 1. The summed E-state index contributed by atoms with van der Waals surface area (Å²) < 4.78 is 5.55. The summed E-state index contributed by atoms with van der Waals surface area (Å²) in [6.07, 6.45) is 9.49. The summed E-state index contributed by atoms with van der Waals surface area (Å²) in [6.45, 7) is 2.25. The van der Waals surface area contributed by atoms with Gasteiger partial charge in [-0.25, -0.2) is 0 Å². The van der Waals surface area contributed by atoms with Crippen molar-refractivity contribution >= 4 is 6.08 Å². The minimum absolute atomic E-state index is 0.405. The molecule has 0 saturated carbocycles. The van der Waals surface area contributed by atoms with Crippen molar-refractivity contribution in [3.05, 3.63) is 71.8 Å². The van der Waals surface area contributed by atoms with E-state index in [1.54, 1.807) is 7.11 Å². The first-order valence-corrected chi connectivity index (χ1v) is 8.21. The Morgan fingerprint density at radius 3 is 2.41 bits per heavy atom. The lowest BCUT2D eigenvalue weighted by molar-refractivity contribution is 0.406. The van der Waals surface area contributed by atoms with Gasteiger partial charge in [0.25, 0.3) is 0 Å². The lowest BCUT2D eigenvalue weighted by Gasteiger charge is -2.16. The first-order valence-electron chi connectivity index (χ1n) is 8.21. The fourth-order valence-corrected chi connectivity index (χ4v) is 2.73. The fourth-order valence-electron chi connectivity index (χ4n) is 2.73. The summed E-state index contributed by atoms with van der Waals surface area (Å²) in [6, 6.07) is 18.9. The quantitative estimate of drug-likeness (QED) is 0.537. The monoisotopic (exact) mass is 294 g/mol. The van der Waals surface area contributed by atoms with Crippen LogP contribution in [0, 0.1) is 0 Å². The molecule has 1 nitrogen and oxygen atoms in total. The van der Waals surface area contributed by atoms with Crippen LogP contribution in [0.4, 0.5) is 0 Å². The lowest BCUT2D eigenvalue weighted by Crippen LogP contribution is -1.99. The number of unbranched alkanes of at least 4 members (excludes halogenated alkanes) is 2. The van der Waals surface area contributed by atoms with Gasteiger partial charge in [-0.3, -0.25) is 0 Å². The number of benzene rings is 2. The summed E-state index contributed by atoms with van der Waals surface area (Å²) in [5, 5.41) is 0. The van der Waals surface area contributed by atoms with E-state index in [1.165, 1.54) is 30.4 Å². The van der Waals surface area contributed by atoms with Crippen LogP contribution in [0.5, 0.6) is 5.75 Å². The molecule has 0 spiro atoms. The maximum Gasteiger partial charge on any atom is 0.122 e. The van der Waals surface area contributed by atoms with E-state index in [1.807, 2.05) is 6.07 Å². The van der Waals surface area contributed by atoms with Crippen LogP contribution < -0.4 is 4.74 Å². The molecule has 0 saturated heterocycles. The zero-order valence-corrected chi connectivity index (χ0v) is 13.7. The molecular formula is C21H26O. The molecule has 0 heterocycles. The van der Waals surface area contributed by atoms with Crippen molar-refractivity contribution in [1.82, 2.24) is 0 Å². The van der Waals surface area contributed by atoms with Crippen LogP contribution in [0.2, 0.25) is 0 Å². The van der Waals surface area contributed by atoms with Gasteiger partial charge in [0.2, 0.25) is 0 Å². The largest absolute Gasteiger partial charge is 0.496 e. The Morgan fingerprint density at radius 1 is 0.955 bits per heavy atom. The first kappa shape index (κ1) is 16.4. The van der Waals surface area contributed by atoms with Crippen LogP contribution in [0.15, 0.2) is 60.7 Å². The van der Waals surface area contributed by atoms with Crippen molar-refractivity contribution < 1.29 is 4.74 Å². The average Bonchev–Trinajstić information content (AvgIpc) is 2.59. The molecule has 2 aromatic rings. The molecule has 0 N–H and O–H groups in total. The Labute approximate surface area is 134 Å². The van der Waals surface area contributed by atoms with Crippen LogP contribution in [-0.2, 0) is 0 Å². The third-order valence-corrected chi connectivity index (χ3v) is 3.98. The molecule has 22 heavy (non-hydrogen) atoms.